The van der Waals surface area contributed by atoms with Crippen molar-refractivity contribution >= 4 is 17.9 Å². The predicted octanol–water partition coefficient (Wildman–Crippen LogP) is 0.975. The fourth-order valence-electron chi connectivity index (χ4n) is 2.84. The molecule has 31 heavy (non-hydrogen) atoms. The number of amides is 1. The zero-order valence-electron chi connectivity index (χ0n) is 17.4. The smallest absolute Gasteiger partial charge is 0.293 e. The lowest BCUT2D eigenvalue weighted by atomic mass is 10.2. The van der Waals surface area contributed by atoms with Gasteiger partial charge < -0.3 is 19.9 Å². The second kappa shape index (κ2) is 9.56. The van der Waals surface area contributed by atoms with Crippen molar-refractivity contribution in [3.05, 3.63) is 29.1 Å². The molecule has 0 aliphatic carbocycles. The van der Waals surface area contributed by atoms with Crippen LogP contribution in [-0.4, -0.2) is 58.8 Å². The largest absolute Gasteiger partial charge is 0.493 e. The average molecular weight is 430 g/mol. The van der Waals surface area contributed by atoms with Gasteiger partial charge in [-0.05, 0) is 28.9 Å². The first-order valence-corrected chi connectivity index (χ1v) is 9.20. The van der Waals surface area contributed by atoms with E-state index in [-0.39, 0.29) is 17.3 Å². The van der Waals surface area contributed by atoms with Crippen LogP contribution >= 0.6 is 0 Å². The molecule has 0 saturated heterocycles. The van der Waals surface area contributed by atoms with Crippen LogP contribution in [0.5, 0.6) is 17.2 Å². The summed E-state index contributed by atoms with van der Waals surface area (Å²) in [6.45, 7) is 1.95. The Bertz CT molecular complexity index is 1070. The van der Waals surface area contributed by atoms with Crippen LogP contribution in [0.25, 0.3) is 5.82 Å². The van der Waals surface area contributed by atoms with Crippen LogP contribution in [0, 0.1) is 0 Å². The highest BCUT2D eigenvalue weighted by atomic mass is 16.6. The molecule has 1 amide bonds. The van der Waals surface area contributed by atoms with Crippen LogP contribution in [0.15, 0.2) is 21.9 Å². The van der Waals surface area contributed by atoms with Gasteiger partial charge in [0.05, 0.1) is 33.2 Å². The van der Waals surface area contributed by atoms with Crippen molar-refractivity contribution in [2.24, 2.45) is 5.10 Å². The quantitative estimate of drug-likeness (QED) is 0.369. The number of hydrazone groups is 1. The molecule has 0 radical (unpaired) electrons. The molecular weight excluding hydrogens is 408 g/mol. The molecule has 0 bridgehead atoms. The van der Waals surface area contributed by atoms with E-state index in [1.165, 1.54) is 32.2 Å². The molecule has 13 heteroatoms. The minimum absolute atomic E-state index is 0.0367. The van der Waals surface area contributed by atoms with E-state index in [1.54, 1.807) is 12.1 Å². The number of nitrogens with two attached hydrogens (primary N) is 1. The van der Waals surface area contributed by atoms with E-state index in [1.807, 2.05) is 6.92 Å². The fraction of sp³-hybridized carbons (Fsp3) is 0.333. The highest BCUT2D eigenvalue weighted by molar-refractivity contribution is 5.94. The van der Waals surface area contributed by atoms with Crippen LogP contribution in [0.4, 0.5) is 5.82 Å². The molecule has 0 spiro atoms. The Kier molecular flexibility index (Phi) is 6.64. The zero-order chi connectivity index (χ0) is 22.4. The van der Waals surface area contributed by atoms with E-state index >= 15 is 0 Å². The van der Waals surface area contributed by atoms with Gasteiger partial charge in [0.15, 0.2) is 17.2 Å². The van der Waals surface area contributed by atoms with Crippen molar-refractivity contribution in [2.45, 2.75) is 19.8 Å². The lowest BCUT2D eigenvalue weighted by molar-refractivity contribution is 0.0949. The Balaban J connectivity index is 1.82. The number of hydrogen-bond donors (Lipinski definition) is 2. The molecule has 3 rings (SSSR count). The first kappa shape index (κ1) is 21.5. The van der Waals surface area contributed by atoms with Gasteiger partial charge >= 0.3 is 0 Å². The van der Waals surface area contributed by atoms with Crippen LogP contribution in [-0.2, 0) is 6.42 Å². The summed E-state index contributed by atoms with van der Waals surface area (Å²) < 4.78 is 21.8. The van der Waals surface area contributed by atoms with E-state index in [0.717, 1.165) is 6.42 Å². The molecule has 0 unspecified atom stereocenters. The minimum Gasteiger partial charge on any atom is -0.493 e. The van der Waals surface area contributed by atoms with Gasteiger partial charge in [-0.3, -0.25) is 4.79 Å². The molecule has 1 aromatic carbocycles. The van der Waals surface area contributed by atoms with E-state index in [0.29, 0.717) is 34.9 Å². The van der Waals surface area contributed by atoms with Crippen LogP contribution in [0.3, 0.4) is 0 Å². The number of nitrogen functional groups attached to an aromatic ring is 1. The number of nitrogens with one attached hydrogen (secondary N) is 1. The highest BCUT2D eigenvalue weighted by Gasteiger charge is 2.23. The third-order valence-corrected chi connectivity index (χ3v) is 4.23. The van der Waals surface area contributed by atoms with Crippen molar-refractivity contribution in [1.82, 2.24) is 30.7 Å². The average Bonchev–Trinajstić information content (AvgIpc) is 3.38. The van der Waals surface area contributed by atoms with Gasteiger partial charge in [-0.15, -0.1) is 5.10 Å². The number of methoxy groups -OCH3 is 3. The Labute approximate surface area is 177 Å². The number of carbonyl (C=O) groups is 1. The van der Waals surface area contributed by atoms with E-state index in [4.69, 9.17) is 19.9 Å². The normalized spacial score (nSPS) is 11.0. The van der Waals surface area contributed by atoms with Gasteiger partial charge in [-0.2, -0.15) is 9.78 Å². The second-order valence-electron chi connectivity index (χ2n) is 6.18. The second-order valence-corrected chi connectivity index (χ2v) is 6.18. The summed E-state index contributed by atoms with van der Waals surface area (Å²) in [7, 11) is 4.53. The van der Waals surface area contributed by atoms with Crippen LogP contribution < -0.4 is 25.4 Å². The molecule has 13 nitrogen and oxygen atoms in total. The molecule has 2 heterocycles. The highest BCUT2D eigenvalue weighted by Crippen LogP contribution is 2.37. The Morgan fingerprint density at radius 3 is 2.48 bits per heavy atom. The molecule has 0 aliphatic rings. The number of nitrogens with zero attached hydrogens (tertiary/aromatic N) is 6. The summed E-state index contributed by atoms with van der Waals surface area (Å²) in [4.78, 5) is 12.6. The molecule has 0 atom stereocenters. The zero-order valence-corrected chi connectivity index (χ0v) is 17.4. The van der Waals surface area contributed by atoms with Gasteiger partial charge in [-0.25, -0.2) is 10.1 Å². The molecule has 3 aromatic rings. The van der Waals surface area contributed by atoms with Gasteiger partial charge in [0.2, 0.25) is 17.4 Å². The Morgan fingerprint density at radius 2 is 1.94 bits per heavy atom. The molecular formula is C18H22N8O5. The van der Waals surface area contributed by atoms with Crippen molar-refractivity contribution < 1.29 is 23.6 Å². The molecule has 3 N–H and O–H groups in total. The van der Waals surface area contributed by atoms with E-state index < -0.39 is 5.91 Å². The Hall–Kier alpha value is -4.16. The summed E-state index contributed by atoms with van der Waals surface area (Å²) in [6.07, 6.45) is 2.66. The standard InChI is InChI=1S/C18H22N8O5/c1-5-6-11-14(21-25-26(11)17-16(19)23-31-24-17)18(27)22-20-9-10-7-12(28-2)15(30-4)13(8-10)29-3/h7-9H,5-6H2,1-4H3,(H2,19,23)(H,22,27). The maximum Gasteiger partial charge on any atom is 0.293 e. The number of aromatic nitrogens is 5. The fourth-order valence-corrected chi connectivity index (χ4v) is 2.84. The van der Waals surface area contributed by atoms with Crippen molar-refractivity contribution in [1.29, 1.82) is 0 Å². The van der Waals surface area contributed by atoms with Crippen molar-refractivity contribution in [3.8, 4) is 23.1 Å². The predicted molar refractivity (Wildman–Crippen MR) is 109 cm³/mol. The van der Waals surface area contributed by atoms with Gasteiger partial charge in [-0.1, -0.05) is 18.6 Å². The number of hydrogen-bond acceptors (Lipinski definition) is 11. The number of ether oxygens (including phenoxy) is 3. The molecule has 0 aliphatic heterocycles. The first-order chi connectivity index (χ1) is 15.0. The summed E-state index contributed by atoms with van der Waals surface area (Å²) in [5, 5.41) is 19.1. The maximum absolute atomic E-state index is 12.6. The van der Waals surface area contributed by atoms with Gasteiger partial charge in [0, 0.05) is 5.56 Å². The molecule has 164 valence electrons. The molecule has 2 aromatic heterocycles. The minimum atomic E-state index is -0.548. The van der Waals surface area contributed by atoms with Gasteiger partial charge in [0.25, 0.3) is 5.91 Å². The van der Waals surface area contributed by atoms with Crippen molar-refractivity contribution in [2.75, 3.05) is 27.1 Å². The SMILES string of the molecule is CCCc1c(C(=O)NN=Cc2cc(OC)c(OC)c(OC)c2)nnn1-c1nonc1N. The third-order valence-electron chi connectivity index (χ3n) is 4.23. The lowest BCUT2D eigenvalue weighted by Gasteiger charge is -2.12. The number of benzene rings is 1. The summed E-state index contributed by atoms with van der Waals surface area (Å²) in [6, 6.07) is 3.38. The third kappa shape index (κ3) is 4.39. The van der Waals surface area contributed by atoms with Crippen LogP contribution in [0.1, 0.15) is 35.1 Å². The summed E-state index contributed by atoms with van der Waals surface area (Å²) in [5.41, 5.74) is 9.37. The topological polar surface area (TPSA) is 165 Å². The lowest BCUT2D eigenvalue weighted by Crippen LogP contribution is -2.20. The maximum atomic E-state index is 12.6. The number of carbonyl (C=O) groups excluding carboxylic acids is 1. The van der Waals surface area contributed by atoms with Crippen LogP contribution in [0.2, 0.25) is 0 Å². The molecule has 0 saturated carbocycles. The van der Waals surface area contributed by atoms with E-state index in [2.05, 4.69) is 35.8 Å². The van der Waals surface area contributed by atoms with Crippen molar-refractivity contribution in [3.63, 3.8) is 0 Å². The number of anilines is 1. The van der Waals surface area contributed by atoms with Gasteiger partial charge in [0.1, 0.15) is 0 Å². The summed E-state index contributed by atoms with van der Waals surface area (Å²) in [5.74, 6) is 1.02. The number of rotatable bonds is 9. The molecule has 0 fully saturated rings. The first-order valence-electron chi connectivity index (χ1n) is 9.20. The monoisotopic (exact) mass is 430 g/mol. The summed E-state index contributed by atoms with van der Waals surface area (Å²) >= 11 is 0. The van der Waals surface area contributed by atoms with E-state index in [9.17, 15) is 4.79 Å². The Morgan fingerprint density at radius 1 is 1.23 bits per heavy atom.